The first-order valence-electron chi connectivity index (χ1n) is 13.7. The first-order valence-corrected chi connectivity index (χ1v) is 14.9. The van der Waals surface area contributed by atoms with E-state index in [4.69, 9.17) is 16.3 Å². The molecule has 42 heavy (non-hydrogen) atoms. The van der Waals surface area contributed by atoms with Crippen molar-refractivity contribution in [2.24, 2.45) is 0 Å². The molecule has 0 spiro atoms. The lowest BCUT2D eigenvalue weighted by molar-refractivity contribution is 0.0711. The van der Waals surface area contributed by atoms with Crippen LogP contribution in [-0.4, -0.2) is 38.5 Å². The number of hydrogen-bond acceptors (Lipinski definition) is 5. The van der Waals surface area contributed by atoms with Crippen molar-refractivity contribution in [2.75, 3.05) is 6.54 Å². The minimum absolute atomic E-state index is 0.000163. The number of halogens is 1. The van der Waals surface area contributed by atoms with E-state index in [0.717, 1.165) is 15.6 Å². The van der Waals surface area contributed by atoms with Gasteiger partial charge in [-0.25, -0.2) is 4.79 Å². The van der Waals surface area contributed by atoms with Gasteiger partial charge in [0.1, 0.15) is 11.4 Å². The number of nitrogens with one attached hydrogen (secondary N) is 1. The molecule has 2 amide bonds. The van der Waals surface area contributed by atoms with Gasteiger partial charge in [0.25, 0.3) is 11.8 Å². The lowest BCUT2D eigenvalue weighted by Gasteiger charge is -2.28. The van der Waals surface area contributed by atoms with E-state index in [1.807, 2.05) is 62.4 Å². The summed E-state index contributed by atoms with van der Waals surface area (Å²) in [5, 5.41) is 4.40. The van der Waals surface area contributed by atoms with Gasteiger partial charge in [-0.2, -0.15) is 0 Å². The highest BCUT2D eigenvalue weighted by atomic mass is 35.5. The lowest BCUT2D eigenvalue weighted by Crippen LogP contribution is -2.40. The zero-order valence-corrected chi connectivity index (χ0v) is 24.7. The Balaban J connectivity index is 1.37. The van der Waals surface area contributed by atoms with E-state index < -0.39 is 5.91 Å². The van der Waals surface area contributed by atoms with Gasteiger partial charge in [0, 0.05) is 34.7 Å². The Bertz CT molecular complexity index is 1840. The Labute approximate surface area is 251 Å². The van der Waals surface area contributed by atoms with Crippen LogP contribution in [0.2, 0.25) is 5.02 Å². The zero-order valence-electron chi connectivity index (χ0n) is 23.2. The van der Waals surface area contributed by atoms with Crippen LogP contribution in [0.15, 0.2) is 83.7 Å². The Morgan fingerprint density at radius 2 is 1.76 bits per heavy atom. The summed E-state index contributed by atoms with van der Waals surface area (Å²) in [6.45, 7) is 4.90. The molecule has 1 N–H and O–H groups in total. The molecule has 3 heterocycles. The van der Waals surface area contributed by atoms with Gasteiger partial charge in [0.2, 0.25) is 0 Å². The van der Waals surface area contributed by atoms with Crippen LogP contribution in [0.1, 0.15) is 45.3 Å². The first-order chi connectivity index (χ1) is 20.3. The van der Waals surface area contributed by atoms with Crippen molar-refractivity contribution < 1.29 is 14.3 Å². The second kappa shape index (κ2) is 11.5. The fraction of sp³-hybridized carbons (Fsp3) is 0.219. The fourth-order valence-electron chi connectivity index (χ4n) is 5.20. The van der Waals surface area contributed by atoms with Crippen molar-refractivity contribution in [1.29, 1.82) is 0 Å². The van der Waals surface area contributed by atoms with Crippen LogP contribution in [0, 0.1) is 0 Å². The summed E-state index contributed by atoms with van der Waals surface area (Å²) in [6, 6.07) is 24.1. The summed E-state index contributed by atoms with van der Waals surface area (Å²) in [5.41, 5.74) is 1.86. The van der Waals surface area contributed by atoms with Gasteiger partial charge >= 0.3 is 5.69 Å². The molecule has 6 rings (SSSR count). The van der Waals surface area contributed by atoms with Crippen LogP contribution in [0.3, 0.4) is 0 Å². The molecular formula is C32H29ClN4O4S. The molecule has 5 aromatic rings. The molecule has 0 unspecified atom stereocenters. The molecule has 0 fully saturated rings. The fourth-order valence-corrected chi connectivity index (χ4v) is 6.54. The van der Waals surface area contributed by atoms with Crippen LogP contribution in [0.25, 0.3) is 15.8 Å². The lowest BCUT2D eigenvalue weighted by atomic mass is 10.2. The summed E-state index contributed by atoms with van der Waals surface area (Å²) >= 11 is 7.74. The predicted octanol–water partition coefficient (Wildman–Crippen LogP) is 5.88. The second-order valence-electron chi connectivity index (χ2n) is 10.4. The predicted molar refractivity (Wildman–Crippen MR) is 165 cm³/mol. The third kappa shape index (κ3) is 5.33. The molecule has 2 aromatic heterocycles. The molecule has 3 aromatic carbocycles. The van der Waals surface area contributed by atoms with Crippen molar-refractivity contribution in [3.8, 4) is 11.4 Å². The highest BCUT2D eigenvalue weighted by Gasteiger charge is 2.32. The maximum atomic E-state index is 13.8. The Morgan fingerprint density at radius 1 is 1.00 bits per heavy atom. The number of thiophene rings is 1. The molecule has 0 bridgehead atoms. The van der Waals surface area contributed by atoms with E-state index in [1.54, 1.807) is 39.8 Å². The summed E-state index contributed by atoms with van der Waals surface area (Å²) in [5.74, 6) is 0.112. The molecule has 0 atom stereocenters. The third-order valence-corrected chi connectivity index (χ3v) is 8.58. The minimum Gasteiger partial charge on any atom is -0.491 e. The van der Waals surface area contributed by atoms with Crippen LogP contribution in [0.5, 0.6) is 5.75 Å². The molecule has 0 aliphatic carbocycles. The number of nitrogens with zero attached hydrogens (tertiary/aromatic N) is 3. The van der Waals surface area contributed by atoms with Gasteiger partial charge in [0.05, 0.1) is 28.9 Å². The van der Waals surface area contributed by atoms with E-state index in [-0.39, 0.29) is 36.5 Å². The normalized spacial score (nSPS) is 12.9. The number of imidazole rings is 1. The SMILES string of the molecule is CC(C)Oc1ccc(-n2c(C(=O)NCc3ccccc3)c3n(c2=O)CCN(C(=O)c2cc4c(Cl)cccc4s2)C3)cc1. The Morgan fingerprint density at radius 3 is 2.48 bits per heavy atom. The van der Waals surface area contributed by atoms with Crippen LogP contribution >= 0.6 is 22.9 Å². The van der Waals surface area contributed by atoms with E-state index in [9.17, 15) is 14.4 Å². The van der Waals surface area contributed by atoms with E-state index in [2.05, 4.69) is 5.32 Å². The number of carbonyl (C=O) groups is 2. The van der Waals surface area contributed by atoms with Crippen molar-refractivity contribution in [3.63, 3.8) is 0 Å². The molecule has 214 valence electrons. The van der Waals surface area contributed by atoms with E-state index in [1.165, 1.54) is 15.9 Å². The minimum atomic E-state index is -0.393. The Hall–Kier alpha value is -4.34. The number of fused-ring (bicyclic) bond motifs is 2. The molecule has 1 aliphatic rings. The van der Waals surface area contributed by atoms with Crippen LogP contribution in [-0.2, 0) is 19.6 Å². The number of hydrogen-bond donors (Lipinski definition) is 1. The Kier molecular flexibility index (Phi) is 7.62. The number of aromatic nitrogens is 2. The number of rotatable bonds is 7. The highest BCUT2D eigenvalue weighted by molar-refractivity contribution is 7.20. The molecule has 0 saturated heterocycles. The summed E-state index contributed by atoms with van der Waals surface area (Å²) < 4.78 is 9.73. The average Bonchev–Trinajstić information content (AvgIpc) is 3.56. The average molecular weight is 601 g/mol. The van der Waals surface area contributed by atoms with Gasteiger partial charge in [-0.1, -0.05) is 48.0 Å². The number of benzene rings is 3. The van der Waals surface area contributed by atoms with Crippen LogP contribution < -0.4 is 15.7 Å². The van der Waals surface area contributed by atoms with Crippen LogP contribution in [0.4, 0.5) is 0 Å². The highest BCUT2D eigenvalue weighted by Crippen LogP contribution is 2.32. The van der Waals surface area contributed by atoms with Gasteiger partial charge in [0.15, 0.2) is 0 Å². The largest absolute Gasteiger partial charge is 0.491 e. The van der Waals surface area contributed by atoms with E-state index >= 15 is 0 Å². The van der Waals surface area contributed by atoms with Crippen molar-refractivity contribution in [2.45, 2.75) is 39.6 Å². The molecule has 1 aliphatic heterocycles. The standard InChI is InChI=1S/C32H29ClN4O4S/c1-20(2)41-23-13-11-22(12-14-23)37-29(30(38)34-18-21-7-4-3-5-8-21)26-19-35(15-16-36(26)32(37)40)31(39)28-17-24-25(33)9-6-10-27(24)42-28/h3-14,17,20H,15-16,18-19H2,1-2H3,(H,34,38). The maximum absolute atomic E-state index is 13.8. The topological polar surface area (TPSA) is 85.6 Å². The summed E-state index contributed by atoms with van der Waals surface area (Å²) in [7, 11) is 0. The quantitative estimate of drug-likeness (QED) is 0.253. The maximum Gasteiger partial charge on any atom is 0.333 e. The van der Waals surface area contributed by atoms with Crippen molar-refractivity contribution in [1.82, 2.24) is 19.4 Å². The van der Waals surface area contributed by atoms with Gasteiger partial charge in [-0.3, -0.25) is 18.7 Å². The first kappa shape index (κ1) is 27.8. The zero-order chi connectivity index (χ0) is 29.4. The smallest absolute Gasteiger partial charge is 0.333 e. The molecule has 0 saturated carbocycles. The summed E-state index contributed by atoms with van der Waals surface area (Å²) in [6.07, 6.45) is 0.000163. The van der Waals surface area contributed by atoms with Gasteiger partial charge in [-0.05, 0) is 61.9 Å². The number of ether oxygens (including phenoxy) is 1. The number of carbonyl (C=O) groups excluding carboxylic acids is 2. The molecule has 10 heteroatoms. The van der Waals surface area contributed by atoms with E-state index in [0.29, 0.717) is 40.1 Å². The second-order valence-corrected chi connectivity index (χ2v) is 11.9. The molecule has 8 nitrogen and oxygen atoms in total. The van der Waals surface area contributed by atoms with Crippen molar-refractivity contribution >= 4 is 44.8 Å². The molecule has 0 radical (unpaired) electrons. The summed E-state index contributed by atoms with van der Waals surface area (Å²) in [4.78, 5) is 43.5. The van der Waals surface area contributed by atoms with Crippen molar-refractivity contribution in [3.05, 3.63) is 116 Å². The van der Waals surface area contributed by atoms with Gasteiger partial charge < -0.3 is 15.0 Å². The monoisotopic (exact) mass is 600 g/mol. The number of amides is 2. The third-order valence-electron chi connectivity index (χ3n) is 7.16. The van der Waals surface area contributed by atoms with Gasteiger partial charge in [-0.15, -0.1) is 11.3 Å². The molecular weight excluding hydrogens is 572 g/mol.